The predicted octanol–water partition coefficient (Wildman–Crippen LogP) is 3.49. The second kappa shape index (κ2) is 4.00. The maximum atomic E-state index is 13.3. The van der Waals surface area contributed by atoms with Crippen molar-refractivity contribution in [3.63, 3.8) is 0 Å². The van der Waals surface area contributed by atoms with Gasteiger partial charge in [0.15, 0.2) is 11.6 Å². The summed E-state index contributed by atoms with van der Waals surface area (Å²) in [5, 5.41) is 0. The third-order valence-electron chi connectivity index (χ3n) is 1.66. The SMILES string of the molecule is C=C(C)C(=O)c1c(F)ccc(Br)c1F. The van der Waals surface area contributed by atoms with Gasteiger partial charge in [-0.25, -0.2) is 8.78 Å². The maximum Gasteiger partial charge on any atom is 0.194 e. The quantitative estimate of drug-likeness (QED) is 0.452. The first-order chi connectivity index (χ1) is 6.45. The summed E-state index contributed by atoms with van der Waals surface area (Å²) in [6, 6.07) is 2.24. The second-order valence-electron chi connectivity index (χ2n) is 2.83. The fraction of sp³-hybridized carbons (Fsp3) is 0.100. The Morgan fingerprint density at radius 2 is 2.00 bits per heavy atom. The molecule has 0 aliphatic carbocycles. The van der Waals surface area contributed by atoms with E-state index in [1.165, 1.54) is 13.0 Å². The topological polar surface area (TPSA) is 17.1 Å². The average molecular weight is 261 g/mol. The number of ketones is 1. The summed E-state index contributed by atoms with van der Waals surface area (Å²) in [5.41, 5.74) is -0.465. The minimum absolute atomic E-state index is 0.0588. The highest BCUT2D eigenvalue weighted by Gasteiger charge is 2.19. The molecule has 74 valence electrons. The summed E-state index contributed by atoms with van der Waals surface area (Å²) in [6.07, 6.45) is 0. The van der Waals surface area contributed by atoms with Crippen LogP contribution in [0.5, 0.6) is 0 Å². The van der Waals surface area contributed by atoms with Crippen molar-refractivity contribution in [1.29, 1.82) is 0 Å². The highest BCUT2D eigenvalue weighted by molar-refractivity contribution is 9.10. The summed E-state index contributed by atoms with van der Waals surface area (Å²) in [7, 11) is 0. The lowest BCUT2D eigenvalue weighted by Gasteiger charge is -2.04. The van der Waals surface area contributed by atoms with E-state index in [0.29, 0.717) is 0 Å². The van der Waals surface area contributed by atoms with Crippen molar-refractivity contribution in [3.8, 4) is 0 Å². The molecule has 4 heteroatoms. The molecule has 0 radical (unpaired) electrons. The number of rotatable bonds is 2. The Labute approximate surface area is 88.6 Å². The Bertz CT molecular complexity index is 413. The van der Waals surface area contributed by atoms with Gasteiger partial charge in [-0.05, 0) is 40.6 Å². The Morgan fingerprint density at radius 1 is 1.43 bits per heavy atom. The highest BCUT2D eigenvalue weighted by Crippen LogP contribution is 2.23. The van der Waals surface area contributed by atoms with Crippen LogP contribution < -0.4 is 0 Å². The zero-order valence-electron chi connectivity index (χ0n) is 7.40. The van der Waals surface area contributed by atoms with Gasteiger partial charge in [0.2, 0.25) is 0 Å². The molecule has 0 saturated heterocycles. The molecule has 0 aromatic heterocycles. The van der Waals surface area contributed by atoms with Crippen molar-refractivity contribution in [3.05, 3.63) is 46.0 Å². The highest BCUT2D eigenvalue weighted by atomic mass is 79.9. The minimum atomic E-state index is -0.891. The van der Waals surface area contributed by atoms with Gasteiger partial charge in [-0.2, -0.15) is 0 Å². The molecule has 0 saturated carbocycles. The lowest BCUT2D eigenvalue weighted by Crippen LogP contribution is -2.06. The monoisotopic (exact) mass is 260 g/mol. The number of carbonyl (C=O) groups excluding carboxylic acids is 1. The fourth-order valence-electron chi connectivity index (χ4n) is 0.949. The molecule has 14 heavy (non-hydrogen) atoms. The largest absolute Gasteiger partial charge is 0.289 e. The number of halogens is 3. The van der Waals surface area contributed by atoms with Crippen LogP contribution in [0, 0.1) is 11.6 Å². The number of hydrogen-bond acceptors (Lipinski definition) is 1. The van der Waals surface area contributed by atoms with Gasteiger partial charge in [-0.15, -0.1) is 0 Å². The fourth-order valence-corrected chi connectivity index (χ4v) is 1.28. The van der Waals surface area contributed by atoms with Crippen molar-refractivity contribution in [2.75, 3.05) is 0 Å². The summed E-state index contributed by atoms with van der Waals surface area (Å²) in [4.78, 5) is 11.3. The molecule has 1 rings (SSSR count). The number of carbonyl (C=O) groups is 1. The van der Waals surface area contributed by atoms with E-state index >= 15 is 0 Å². The van der Waals surface area contributed by atoms with Crippen LogP contribution in [0.2, 0.25) is 0 Å². The van der Waals surface area contributed by atoms with Crippen molar-refractivity contribution in [2.24, 2.45) is 0 Å². The van der Waals surface area contributed by atoms with Crippen molar-refractivity contribution < 1.29 is 13.6 Å². The van der Waals surface area contributed by atoms with Crippen LogP contribution in [0.3, 0.4) is 0 Å². The molecule has 0 aliphatic heterocycles. The number of Topliss-reactive ketones (excluding diaryl/α,β-unsaturated/α-hetero) is 1. The van der Waals surface area contributed by atoms with E-state index in [0.717, 1.165) is 6.07 Å². The van der Waals surface area contributed by atoms with Crippen molar-refractivity contribution in [1.82, 2.24) is 0 Å². The first kappa shape index (κ1) is 11.0. The standard InChI is InChI=1S/C10H7BrF2O/c1-5(2)10(14)8-7(12)4-3-6(11)9(8)13/h3-4H,1H2,2H3. The second-order valence-corrected chi connectivity index (χ2v) is 3.68. The smallest absolute Gasteiger partial charge is 0.194 e. The van der Waals surface area contributed by atoms with Gasteiger partial charge in [0.05, 0.1) is 10.0 Å². The van der Waals surface area contributed by atoms with Gasteiger partial charge in [0.1, 0.15) is 5.82 Å². The van der Waals surface area contributed by atoms with Gasteiger partial charge in [-0.1, -0.05) is 6.58 Å². The summed E-state index contributed by atoms with van der Waals surface area (Å²) >= 11 is 2.87. The van der Waals surface area contributed by atoms with E-state index < -0.39 is 23.0 Å². The molecule has 0 fully saturated rings. The molecular weight excluding hydrogens is 254 g/mol. The molecule has 0 spiro atoms. The predicted molar refractivity (Wildman–Crippen MR) is 53.2 cm³/mol. The van der Waals surface area contributed by atoms with Crippen LogP contribution in [-0.4, -0.2) is 5.78 Å². The van der Waals surface area contributed by atoms with Gasteiger partial charge >= 0.3 is 0 Å². The minimum Gasteiger partial charge on any atom is -0.289 e. The van der Waals surface area contributed by atoms with E-state index in [-0.39, 0.29) is 10.0 Å². The third-order valence-corrected chi connectivity index (χ3v) is 2.27. The van der Waals surface area contributed by atoms with Crippen molar-refractivity contribution in [2.45, 2.75) is 6.92 Å². The van der Waals surface area contributed by atoms with E-state index in [2.05, 4.69) is 22.5 Å². The molecule has 0 bridgehead atoms. The van der Waals surface area contributed by atoms with E-state index in [9.17, 15) is 13.6 Å². The van der Waals surface area contributed by atoms with Crippen LogP contribution >= 0.6 is 15.9 Å². The third kappa shape index (κ3) is 1.90. The van der Waals surface area contributed by atoms with Gasteiger partial charge in [0, 0.05) is 0 Å². The lowest BCUT2D eigenvalue weighted by atomic mass is 10.0. The van der Waals surface area contributed by atoms with Crippen LogP contribution in [0.4, 0.5) is 8.78 Å². The number of hydrogen-bond donors (Lipinski definition) is 0. The summed E-state index contributed by atoms with van der Waals surface area (Å²) in [5.74, 6) is -2.49. The molecule has 1 aromatic carbocycles. The van der Waals surface area contributed by atoms with Gasteiger partial charge in [0.25, 0.3) is 0 Å². The summed E-state index contributed by atoms with van der Waals surface area (Å²) in [6.45, 7) is 4.75. The van der Waals surface area contributed by atoms with Gasteiger partial charge in [-0.3, -0.25) is 4.79 Å². The normalized spacial score (nSPS) is 10.0. The van der Waals surface area contributed by atoms with Crippen molar-refractivity contribution >= 4 is 21.7 Å². The van der Waals surface area contributed by atoms with Crippen LogP contribution in [0.1, 0.15) is 17.3 Å². The average Bonchev–Trinajstić information content (AvgIpc) is 2.12. The molecule has 0 atom stereocenters. The molecule has 0 N–H and O–H groups in total. The first-order valence-electron chi connectivity index (χ1n) is 3.79. The van der Waals surface area contributed by atoms with E-state index in [1.54, 1.807) is 0 Å². The molecule has 0 aliphatic rings. The van der Waals surface area contributed by atoms with Gasteiger partial charge < -0.3 is 0 Å². The maximum absolute atomic E-state index is 13.3. The molecule has 1 nitrogen and oxygen atoms in total. The molecule has 1 aromatic rings. The number of allylic oxidation sites excluding steroid dienone is 1. The number of benzene rings is 1. The van der Waals surface area contributed by atoms with Crippen LogP contribution in [-0.2, 0) is 0 Å². The zero-order chi connectivity index (χ0) is 10.9. The lowest BCUT2D eigenvalue weighted by molar-refractivity contribution is 0.102. The van der Waals surface area contributed by atoms with E-state index in [1.807, 2.05) is 0 Å². The molecule has 0 unspecified atom stereocenters. The Morgan fingerprint density at radius 3 is 2.50 bits per heavy atom. The van der Waals surface area contributed by atoms with E-state index in [4.69, 9.17) is 0 Å². The molecular formula is C10H7BrF2O. The molecule has 0 amide bonds. The Kier molecular flexibility index (Phi) is 3.16. The first-order valence-corrected chi connectivity index (χ1v) is 4.58. The zero-order valence-corrected chi connectivity index (χ0v) is 8.99. The van der Waals surface area contributed by atoms with Crippen LogP contribution in [0.25, 0.3) is 0 Å². The molecule has 0 heterocycles. The Hall–Kier alpha value is -1.03. The summed E-state index contributed by atoms with van der Waals surface area (Å²) < 4.78 is 26.5. The van der Waals surface area contributed by atoms with Crippen LogP contribution in [0.15, 0.2) is 28.8 Å². The Balaban J connectivity index is 3.40.